The Hall–Kier alpha value is -7.42. The lowest BCUT2D eigenvalue weighted by molar-refractivity contribution is 0.661. The van der Waals surface area contributed by atoms with Gasteiger partial charge in [-0.3, -0.25) is 0 Å². The summed E-state index contributed by atoms with van der Waals surface area (Å²) in [5.74, 6) is -1.49. The quantitative estimate of drug-likeness (QED) is 0.171. The van der Waals surface area contributed by atoms with Crippen LogP contribution in [0.1, 0.15) is 54.1 Å². The van der Waals surface area contributed by atoms with E-state index in [0.717, 1.165) is 11.6 Å². The maximum Gasteiger partial charge on any atom is 0.139 e. The number of fused-ring (bicyclic) bond motifs is 9. The third-order valence-corrected chi connectivity index (χ3v) is 10.3. The van der Waals surface area contributed by atoms with Crippen LogP contribution in [0.25, 0.3) is 93.9 Å². The average Bonchev–Trinajstić information content (AvgIpc) is 2.22. The van der Waals surface area contributed by atoms with E-state index in [0.29, 0.717) is 11.3 Å². The van der Waals surface area contributed by atoms with Crippen LogP contribution in [0.5, 0.6) is 0 Å². The van der Waals surface area contributed by atoms with E-state index in [1.807, 2.05) is 36.4 Å². The van der Waals surface area contributed by atoms with E-state index >= 15 is 0 Å². The van der Waals surface area contributed by atoms with Gasteiger partial charge in [-0.25, -0.2) is 0 Å². The second kappa shape index (κ2) is 12.6. The minimum absolute atomic E-state index is 0.0211. The van der Waals surface area contributed by atoms with Gasteiger partial charge in [0.05, 0.1) is 42.6 Å². The van der Waals surface area contributed by atoms with Crippen molar-refractivity contribution in [2.45, 2.75) is 5.92 Å². The summed E-state index contributed by atoms with van der Waals surface area (Å²) in [5.41, 5.74) is -2.37. The van der Waals surface area contributed by atoms with Crippen LogP contribution in [0.2, 0.25) is 0 Å². The van der Waals surface area contributed by atoms with Crippen LogP contribution in [0.3, 0.4) is 0 Å². The van der Waals surface area contributed by atoms with E-state index in [9.17, 15) is 15.1 Å². The Morgan fingerprint density at radius 3 is 2.09 bits per heavy atom. The van der Waals surface area contributed by atoms with Crippen molar-refractivity contribution in [2.75, 3.05) is 0 Å². The normalized spacial score (nSPS) is 19.1. The minimum Gasteiger partial charge on any atom is -0.456 e. The van der Waals surface area contributed by atoms with Crippen LogP contribution in [0.4, 0.5) is 0 Å². The Morgan fingerprint density at radius 2 is 1.16 bits per heavy atom. The number of para-hydroxylation sites is 2. The number of nitrogens with zero attached hydrogens (tertiary/aromatic N) is 1. The van der Waals surface area contributed by atoms with Gasteiger partial charge in [0.25, 0.3) is 0 Å². The SMILES string of the molecule is [2H]c1cc2c(c([2H])c1[2H])-c1c([2H])c(-c3c([2H])c([2H])c4c(c3[2H])c3c([2H])c([2H])c([2H])c([2H])c3n4-c3cccc(-c4ccccc4)c3)c([2H])c([2H])c1C2c1cc([2H])c([2H])c2c1oc1c([2H])c(-c3c([2H])c([2H])c([2H])c([2H])c3[2H])c([2H])c([2H])c12. The Morgan fingerprint density at radius 1 is 0.421 bits per heavy atom. The number of rotatable bonds is 5. The molecule has 11 aromatic rings. The van der Waals surface area contributed by atoms with Gasteiger partial charge in [-0.05, 0) is 104 Å². The van der Waals surface area contributed by atoms with Crippen LogP contribution in [0, 0.1) is 0 Å². The molecule has 266 valence electrons. The standard InChI is InChI=1S/C55H35NO/c1-3-13-35(14-4-1)37-17-11-18-41(31-37)56-51-24-10-9-20-43(51)50-33-39(27-30-52(50)56)38-26-29-46-49(32-38)42-19-7-8-21-45(42)54(46)48-23-12-22-47-44-28-25-40(34-53(44)57-55(47)48)36-15-5-2-6-16-36/h1-34,54H/i2D,5D,6D,7D,8D,9D,10D,12D,15D,16D,19D,20D,22D,24D,25D,26D,27D,28D,29D,30D,32D,33D,34D. The molecule has 0 aliphatic heterocycles. The van der Waals surface area contributed by atoms with Crippen molar-refractivity contribution in [2.24, 2.45) is 0 Å². The molecule has 0 radical (unpaired) electrons. The van der Waals surface area contributed by atoms with Crippen molar-refractivity contribution in [3.05, 3.63) is 222 Å². The largest absolute Gasteiger partial charge is 0.456 e. The van der Waals surface area contributed by atoms with Gasteiger partial charge in [0.2, 0.25) is 0 Å². The fourth-order valence-electron chi connectivity index (χ4n) is 7.77. The molecule has 2 heteroatoms. The molecule has 2 aromatic heterocycles. The van der Waals surface area contributed by atoms with Crippen molar-refractivity contribution < 1.29 is 35.9 Å². The summed E-state index contributed by atoms with van der Waals surface area (Å²) < 4.78 is 217. The van der Waals surface area contributed by atoms with Crippen molar-refractivity contribution in [3.8, 4) is 50.2 Å². The van der Waals surface area contributed by atoms with Crippen LogP contribution in [-0.4, -0.2) is 4.57 Å². The maximum absolute atomic E-state index is 10.0. The summed E-state index contributed by atoms with van der Waals surface area (Å²) >= 11 is 0. The van der Waals surface area contributed by atoms with E-state index < -0.39 is 173 Å². The Balaban J connectivity index is 1.16. The summed E-state index contributed by atoms with van der Waals surface area (Å²) in [6, 6.07) is 3.13. The molecule has 2 nitrogen and oxygen atoms in total. The molecule has 2 heterocycles. The highest BCUT2D eigenvalue weighted by molar-refractivity contribution is 6.11. The first kappa shape index (κ1) is 16.8. The third-order valence-electron chi connectivity index (χ3n) is 10.3. The van der Waals surface area contributed by atoms with Crippen molar-refractivity contribution in [1.82, 2.24) is 4.57 Å². The minimum atomic E-state index is -1.49. The Bertz CT molecular complexity index is 4670. The van der Waals surface area contributed by atoms with Gasteiger partial charge < -0.3 is 8.98 Å². The molecule has 1 atom stereocenters. The first-order valence-corrected chi connectivity index (χ1v) is 17.8. The molecule has 0 saturated heterocycles. The lowest BCUT2D eigenvalue weighted by atomic mass is 9.87. The first-order chi connectivity index (χ1) is 37.8. The number of hydrogen-bond acceptors (Lipinski definition) is 1. The molecule has 1 aliphatic carbocycles. The van der Waals surface area contributed by atoms with E-state index in [2.05, 4.69) is 0 Å². The second-order valence-electron chi connectivity index (χ2n) is 13.4. The lowest BCUT2D eigenvalue weighted by Gasteiger charge is -2.15. The molecule has 0 bridgehead atoms. The van der Waals surface area contributed by atoms with Crippen molar-refractivity contribution in [1.29, 1.82) is 0 Å². The van der Waals surface area contributed by atoms with Crippen LogP contribution < -0.4 is 0 Å². The van der Waals surface area contributed by atoms with Crippen molar-refractivity contribution in [3.63, 3.8) is 0 Å². The molecule has 0 fully saturated rings. The zero-order valence-electron chi connectivity index (χ0n) is 52.3. The molecule has 0 saturated carbocycles. The fourth-order valence-corrected chi connectivity index (χ4v) is 7.77. The monoisotopic (exact) mass is 748 g/mol. The van der Waals surface area contributed by atoms with Gasteiger partial charge in [0, 0.05) is 38.7 Å². The maximum atomic E-state index is 10.0. The summed E-state index contributed by atoms with van der Waals surface area (Å²) in [7, 11) is 0. The zero-order chi connectivity index (χ0) is 57.5. The van der Waals surface area contributed by atoms with Crippen LogP contribution >= 0.6 is 0 Å². The molecular weight excluding hydrogens is 691 g/mol. The summed E-state index contributed by atoms with van der Waals surface area (Å²) in [5, 5.41) is -1.06. The molecule has 0 amide bonds. The highest BCUT2D eigenvalue weighted by Crippen LogP contribution is 2.51. The number of hydrogen-bond donors (Lipinski definition) is 0. The topological polar surface area (TPSA) is 18.1 Å². The lowest BCUT2D eigenvalue weighted by Crippen LogP contribution is -1.99. The van der Waals surface area contributed by atoms with Crippen LogP contribution in [0.15, 0.2) is 210 Å². The van der Waals surface area contributed by atoms with E-state index in [-0.39, 0.29) is 66.0 Å². The van der Waals surface area contributed by atoms with Gasteiger partial charge in [-0.1, -0.05) is 157 Å². The highest BCUT2D eigenvalue weighted by atomic mass is 16.3. The second-order valence-corrected chi connectivity index (χ2v) is 13.4. The molecule has 0 spiro atoms. The summed E-state index contributed by atoms with van der Waals surface area (Å²) in [4.78, 5) is 0. The van der Waals surface area contributed by atoms with E-state index in [4.69, 9.17) is 20.9 Å². The molecule has 1 aliphatic rings. The fraction of sp³-hybridized carbons (Fsp3) is 0.0182. The molecular formula is C55H35NO. The number of benzene rings is 9. The van der Waals surface area contributed by atoms with Gasteiger partial charge >= 0.3 is 0 Å². The third kappa shape index (κ3) is 4.97. The zero-order valence-corrected chi connectivity index (χ0v) is 29.3. The first-order valence-electron chi connectivity index (χ1n) is 29.3. The van der Waals surface area contributed by atoms with Crippen LogP contribution in [-0.2, 0) is 0 Å². The molecule has 9 aromatic carbocycles. The Labute approximate surface area is 362 Å². The summed E-state index contributed by atoms with van der Waals surface area (Å²) in [6.45, 7) is 0. The smallest absolute Gasteiger partial charge is 0.139 e. The summed E-state index contributed by atoms with van der Waals surface area (Å²) in [6.07, 6.45) is 0. The van der Waals surface area contributed by atoms with Gasteiger partial charge in [0.1, 0.15) is 11.2 Å². The van der Waals surface area contributed by atoms with Gasteiger partial charge in [-0.15, -0.1) is 0 Å². The molecule has 1 unspecified atom stereocenters. The number of aromatic nitrogens is 1. The van der Waals surface area contributed by atoms with E-state index in [1.165, 1.54) is 10.6 Å². The van der Waals surface area contributed by atoms with Crippen molar-refractivity contribution >= 4 is 43.7 Å². The van der Waals surface area contributed by atoms with E-state index in [1.54, 1.807) is 18.2 Å². The Kier molecular flexibility index (Phi) is 3.69. The number of furan rings is 1. The molecule has 0 N–H and O–H groups in total. The molecule has 12 rings (SSSR count). The molecule has 57 heavy (non-hydrogen) atoms. The average molecular weight is 749 g/mol. The predicted molar refractivity (Wildman–Crippen MR) is 237 cm³/mol. The predicted octanol–water partition coefficient (Wildman–Crippen LogP) is 14.8. The van der Waals surface area contributed by atoms with Gasteiger partial charge in [-0.2, -0.15) is 0 Å². The van der Waals surface area contributed by atoms with Gasteiger partial charge in [0.15, 0.2) is 0 Å². The highest BCUT2D eigenvalue weighted by Gasteiger charge is 2.32.